The third-order valence-corrected chi connectivity index (χ3v) is 7.33. The van der Waals surface area contributed by atoms with Gasteiger partial charge in [0, 0.05) is 50.5 Å². The molecule has 4 aromatic rings. The van der Waals surface area contributed by atoms with Crippen molar-refractivity contribution < 1.29 is 35.3 Å². The largest absolute Gasteiger partial charge is 0.507 e. The Balaban J connectivity index is 0.000000850. The number of rotatable bonds is 6. The van der Waals surface area contributed by atoms with E-state index in [1.807, 2.05) is 0 Å². The number of nitrogens with two attached hydrogens (primary N) is 1. The molecule has 0 unspecified atom stereocenters. The van der Waals surface area contributed by atoms with Crippen molar-refractivity contribution in [2.24, 2.45) is 15.4 Å². The molecule has 0 aliphatic carbocycles. The molecule has 216 valence electrons. The molecule has 0 radical (unpaired) electrons. The van der Waals surface area contributed by atoms with Crippen LogP contribution in [0, 0.1) is 10.1 Å². The number of nitro groups is 1. The Hall–Kier alpha value is -3.67. The van der Waals surface area contributed by atoms with Crippen molar-refractivity contribution in [3.8, 4) is 16.9 Å². The summed E-state index contributed by atoms with van der Waals surface area (Å²) in [5.74, 6) is -0.0689. The highest BCUT2D eigenvalue weighted by molar-refractivity contribution is 8.31. The maximum Gasteiger partial charge on any atom is 0.317 e. The molecule has 41 heavy (non-hydrogen) atoms. The third-order valence-electron chi connectivity index (χ3n) is 5.29. The molecule has 0 saturated carbocycles. The van der Waals surface area contributed by atoms with E-state index >= 15 is 0 Å². The number of nitrogens with zero attached hydrogens (tertiary/aromatic N) is 3. The fourth-order valence-electron chi connectivity index (χ4n) is 3.64. The van der Waals surface area contributed by atoms with E-state index in [2.05, 4.69) is 31.6 Å². The Morgan fingerprint density at radius 2 is 1.44 bits per heavy atom. The van der Waals surface area contributed by atoms with Gasteiger partial charge in [-0.2, -0.15) is 8.42 Å². The van der Waals surface area contributed by atoms with Gasteiger partial charge in [0.15, 0.2) is 9.84 Å². The average molecular weight is 662 g/mol. The molecule has 3 N–H and O–H groups in total. The number of azo groups is 1. The van der Waals surface area contributed by atoms with Gasteiger partial charge in [0.25, 0.3) is 5.69 Å². The average Bonchev–Trinajstić information content (AvgIpc) is 2.86. The van der Waals surface area contributed by atoms with Crippen LogP contribution in [0.3, 0.4) is 0 Å². The summed E-state index contributed by atoms with van der Waals surface area (Å²) < 4.78 is 66.5. The molecule has 4 rings (SSSR count). The minimum Gasteiger partial charge on any atom is -0.507 e. The first-order valence-electron chi connectivity index (χ1n) is 10.8. The van der Waals surface area contributed by atoms with Crippen LogP contribution in [0.4, 0.5) is 17.1 Å². The number of hydrogen-bond donors (Lipinski definition) is 2. The van der Waals surface area contributed by atoms with Crippen LogP contribution in [-0.4, -0.2) is 41.5 Å². The molecule has 0 fully saturated rings. The minimum atomic E-state index is -3.98. The summed E-state index contributed by atoms with van der Waals surface area (Å²) in [4.78, 5) is 9.90. The van der Waals surface area contributed by atoms with E-state index < -0.39 is 38.7 Å². The highest BCUT2D eigenvalue weighted by Crippen LogP contribution is 2.41. The number of fused-ring (bicyclic) bond motifs is 1. The van der Waals surface area contributed by atoms with Gasteiger partial charge in [-0.05, 0) is 41.5 Å². The Labute approximate surface area is 242 Å². The highest BCUT2D eigenvalue weighted by atomic mass is 36.0. The summed E-state index contributed by atoms with van der Waals surface area (Å²) >= 11 is 0. The van der Waals surface area contributed by atoms with Crippen molar-refractivity contribution in [1.82, 2.24) is 0 Å². The lowest BCUT2D eigenvalue weighted by Crippen LogP contribution is -2.11. The first-order valence-corrected chi connectivity index (χ1v) is 17.4. The number of primary sulfonamides is 1. The number of phenolic OH excluding ortho intramolecular Hbond substituents is 1. The number of aromatic hydroxyl groups is 1. The molecule has 0 amide bonds. The number of halogens is 2. The summed E-state index contributed by atoms with van der Waals surface area (Å²) in [7, 11) is -3.04. The lowest BCUT2D eigenvalue weighted by Gasteiger charge is -2.11. The number of non-ortho nitro benzene ring substituents is 1. The third kappa shape index (κ3) is 8.42. The number of benzene rings is 4. The van der Waals surface area contributed by atoms with E-state index in [1.165, 1.54) is 36.4 Å². The molecule has 0 spiro atoms. The summed E-state index contributed by atoms with van der Waals surface area (Å²) in [6.45, 7) is 0. The van der Waals surface area contributed by atoms with Gasteiger partial charge in [0.2, 0.25) is 10.0 Å². The summed E-state index contributed by atoms with van der Waals surface area (Å²) in [5, 5.41) is 35.8. The Morgan fingerprint density at radius 1 is 0.854 bits per heavy atom. The Bertz CT molecular complexity index is 2030. The molecular weight excluding hydrogens is 643 g/mol. The van der Waals surface area contributed by atoms with Crippen molar-refractivity contribution in [2.45, 2.75) is 9.79 Å². The maximum absolute atomic E-state index is 12.2. The van der Waals surface area contributed by atoms with Crippen LogP contribution in [0.25, 0.3) is 21.9 Å². The van der Waals surface area contributed by atoms with Crippen LogP contribution >= 0.6 is 21.4 Å². The zero-order chi connectivity index (χ0) is 30.8. The first kappa shape index (κ1) is 31.9. The van der Waals surface area contributed by atoms with E-state index in [0.29, 0.717) is 21.9 Å². The molecule has 0 aliphatic rings. The summed E-state index contributed by atoms with van der Waals surface area (Å²) in [6.07, 6.45) is 0.900. The molecule has 13 nitrogen and oxygen atoms in total. The minimum absolute atomic E-state index is 0.0689. The predicted octanol–water partition coefficient (Wildman–Crippen LogP) is 5.30. The van der Waals surface area contributed by atoms with Gasteiger partial charge in [0.05, 0.1) is 15.5 Å². The summed E-state index contributed by atoms with van der Waals surface area (Å²) in [6, 6.07) is 16.9. The molecule has 18 heteroatoms. The lowest BCUT2D eigenvalue weighted by molar-refractivity contribution is -0.385. The van der Waals surface area contributed by atoms with Gasteiger partial charge in [-0.3, -0.25) is 10.1 Å². The second kappa shape index (κ2) is 12.1. The quantitative estimate of drug-likeness (QED) is 0.118. The first-order chi connectivity index (χ1) is 18.9. The van der Waals surface area contributed by atoms with Crippen LogP contribution < -0.4 is 5.14 Å². The maximum atomic E-state index is 12.2. The van der Waals surface area contributed by atoms with E-state index in [-0.39, 0.29) is 26.9 Å². The van der Waals surface area contributed by atoms with E-state index in [4.69, 9.17) is 13.6 Å². The molecule has 0 aliphatic heterocycles. The molecular formula is C23H18Cl2N4O9S3. The van der Waals surface area contributed by atoms with Crippen LogP contribution in [0.1, 0.15) is 0 Å². The van der Waals surface area contributed by atoms with Gasteiger partial charge in [-0.25, -0.2) is 22.0 Å². The number of phenols is 1. The normalized spacial score (nSPS) is 12.2. The van der Waals surface area contributed by atoms with E-state index in [9.17, 15) is 32.1 Å². The van der Waals surface area contributed by atoms with Crippen molar-refractivity contribution in [2.75, 3.05) is 6.26 Å². The van der Waals surface area contributed by atoms with Crippen LogP contribution in [0.15, 0.2) is 92.8 Å². The monoisotopic (exact) mass is 660 g/mol. The van der Waals surface area contributed by atoms with Crippen LogP contribution in [-0.2, 0) is 28.1 Å². The second-order valence-corrected chi connectivity index (χ2v) is 15.4. The molecule has 0 saturated heterocycles. The molecule has 0 atom stereocenters. The zero-order valence-corrected chi connectivity index (χ0v) is 24.5. The summed E-state index contributed by atoms with van der Waals surface area (Å²) in [5.41, 5.74) is 0.688. The van der Waals surface area contributed by atoms with E-state index in [0.717, 1.165) is 18.4 Å². The topological polar surface area (TPSA) is 217 Å². The number of sulfonamides is 1. The van der Waals surface area contributed by atoms with Crippen LogP contribution in [0.2, 0.25) is 0 Å². The predicted molar refractivity (Wildman–Crippen MR) is 153 cm³/mol. The standard InChI is InChI=1S/C23H18N4O7S2.Cl2O2S/c1-35(31,32)22-13-15(27(29)30)8-9-19(22)25-26-20-10-11-21(28)18-7-3-6-17(23(18)20)14-4-2-5-16(12-14)36(24,33)34;1-5(2,3)4/h2-13,28H,1H3,(H2,24,33,34);. The van der Waals surface area contributed by atoms with Gasteiger partial charge in [0.1, 0.15) is 16.3 Å². The Morgan fingerprint density at radius 3 is 2.02 bits per heavy atom. The van der Waals surface area contributed by atoms with Crippen molar-refractivity contribution in [3.63, 3.8) is 0 Å². The van der Waals surface area contributed by atoms with Gasteiger partial charge in [-0.15, -0.1) is 10.2 Å². The lowest BCUT2D eigenvalue weighted by atomic mass is 9.96. The number of hydrogen-bond acceptors (Lipinski definition) is 11. The van der Waals surface area contributed by atoms with Crippen molar-refractivity contribution in [1.29, 1.82) is 0 Å². The highest BCUT2D eigenvalue weighted by Gasteiger charge is 2.19. The van der Waals surface area contributed by atoms with E-state index in [1.54, 1.807) is 24.3 Å². The van der Waals surface area contributed by atoms with Crippen molar-refractivity contribution >= 4 is 77.3 Å². The molecule has 0 heterocycles. The number of sulfone groups is 1. The smallest absolute Gasteiger partial charge is 0.317 e. The fraction of sp³-hybridized carbons (Fsp3) is 0.0435. The fourth-order valence-corrected chi connectivity index (χ4v) is 5.02. The molecule has 0 aromatic heterocycles. The van der Waals surface area contributed by atoms with Gasteiger partial charge in [-0.1, -0.05) is 30.3 Å². The molecule has 4 aromatic carbocycles. The molecule has 0 bridgehead atoms. The Kier molecular flexibility index (Phi) is 9.37. The van der Waals surface area contributed by atoms with Crippen molar-refractivity contribution in [3.05, 3.63) is 82.9 Å². The SMILES string of the molecule is CS(=O)(=O)c1cc([N+](=O)[O-])ccc1N=Nc1ccc(O)c2cccc(-c3cccc(S(N)(=O)=O)c3)c12.O=S(=O)(Cl)Cl. The second-order valence-electron chi connectivity index (χ2n) is 8.16. The van der Waals surface area contributed by atoms with Gasteiger partial charge >= 0.3 is 8.26 Å². The van der Waals surface area contributed by atoms with Crippen LogP contribution in [0.5, 0.6) is 5.75 Å². The zero-order valence-electron chi connectivity index (χ0n) is 20.5. The number of nitro benzene ring substituents is 1. The van der Waals surface area contributed by atoms with Gasteiger partial charge < -0.3 is 5.11 Å².